The predicted molar refractivity (Wildman–Crippen MR) is 219 cm³/mol. The van der Waals surface area contributed by atoms with Gasteiger partial charge in [-0.05, 0) is 94.9 Å². The molecule has 60 heavy (non-hydrogen) atoms. The molecule has 1 aliphatic carbocycles. The number of benzene rings is 2. The standard InChI is InChI=1S/C43H55F4N9O4/c1-21(2)36(52-40(57)22(3)48-5)42(59)54-18-27(46)13-29(54)17-32-31-11-9-25(44)15-33(31)50-38(32)39-51-34-16-26(45)10-12-35(34)56(39)20-30-14-28(47)19-55(30)43(60)37(24-7-8-24)53-41(58)23(4)49-6/h9-12,15-16,21-24,27-30,36-37,48-50H,7-8,13-14,17-20H2,1-6H3,(H,52,57)(H,53,58)/t22-,23-,27-,28-,29-,30-,36?,37?/m0/s1. The van der Waals surface area contributed by atoms with E-state index in [-0.39, 0.29) is 74.0 Å². The van der Waals surface area contributed by atoms with Crippen molar-refractivity contribution in [1.82, 2.24) is 45.6 Å². The van der Waals surface area contributed by atoms with E-state index >= 15 is 8.78 Å². The van der Waals surface area contributed by atoms with Gasteiger partial charge in [0.2, 0.25) is 23.6 Å². The maximum atomic E-state index is 15.5. The van der Waals surface area contributed by atoms with Crippen molar-refractivity contribution in [1.29, 1.82) is 0 Å². The van der Waals surface area contributed by atoms with Crippen LogP contribution < -0.4 is 21.3 Å². The monoisotopic (exact) mass is 837 g/mol. The van der Waals surface area contributed by atoms with Gasteiger partial charge in [0.05, 0.1) is 47.9 Å². The summed E-state index contributed by atoms with van der Waals surface area (Å²) in [5, 5.41) is 12.1. The Kier molecular flexibility index (Phi) is 12.6. The minimum absolute atomic E-state index is 0.00670. The quantitative estimate of drug-likeness (QED) is 0.113. The molecule has 4 heterocycles. The highest BCUT2D eigenvalue weighted by molar-refractivity contribution is 5.93. The van der Waals surface area contributed by atoms with E-state index in [9.17, 15) is 28.0 Å². The molecule has 3 aliphatic rings. The van der Waals surface area contributed by atoms with E-state index in [0.717, 1.165) is 12.8 Å². The first-order valence-electron chi connectivity index (χ1n) is 20.9. The number of halogens is 4. The molecule has 0 spiro atoms. The molecule has 1 saturated carbocycles. The van der Waals surface area contributed by atoms with Crippen LogP contribution in [0, 0.1) is 23.5 Å². The summed E-state index contributed by atoms with van der Waals surface area (Å²) in [5.41, 5.74) is 2.21. The number of carbonyl (C=O) groups is 4. The molecule has 4 aromatic rings. The second-order valence-electron chi connectivity index (χ2n) is 17.1. The number of H-pyrrole nitrogens is 1. The Labute approximate surface area is 346 Å². The largest absolute Gasteiger partial charge is 0.352 e. The molecule has 4 amide bonds. The van der Waals surface area contributed by atoms with E-state index < -0.39 is 66.1 Å². The van der Waals surface area contributed by atoms with Gasteiger partial charge >= 0.3 is 0 Å². The van der Waals surface area contributed by atoms with E-state index in [1.807, 2.05) is 0 Å². The number of carbonyl (C=O) groups excluding carboxylic acids is 4. The van der Waals surface area contributed by atoms with E-state index in [1.165, 1.54) is 34.1 Å². The molecule has 2 aromatic heterocycles. The van der Waals surface area contributed by atoms with Crippen LogP contribution in [0.4, 0.5) is 17.6 Å². The van der Waals surface area contributed by atoms with E-state index in [2.05, 4.69) is 26.3 Å². The highest BCUT2D eigenvalue weighted by atomic mass is 19.1. The molecule has 0 bridgehead atoms. The molecular formula is C43H55F4N9O4. The van der Waals surface area contributed by atoms with Gasteiger partial charge in [0, 0.05) is 42.4 Å². The second kappa shape index (κ2) is 17.5. The molecule has 2 aromatic carbocycles. The third-order valence-electron chi connectivity index (χ3n) is 12.5. The van der Waals surface area contributed by atoms with E-state index in [4.69, 9.17) is 4.98 Å². The number of likely N-dealkylation sites (tertiary alicyclic amines) is 2. The average molecular weight is 838 g/mol. The van der Waals surface area contributed by atoms with Crippen LogP contribution in [0.5, 0.6) is 0 Å². The fraction of sp³-hybridized carbons (Fsp3) is 0.558. The zero-order valence-electron chi connectivity index (χ0n) is 34.8. The minimum Gasteiger partial charge on any atom is -0.352 e. The zero-order chi connectivity index (χ0) is 43.2. The van der Waals surface area contributed by atoms with Gasteiger partial charge in [-0.1, -0.05) is 13.8 Å². The fourth-order valence-electron chi connectivity index (χ4n) is 8.68. The molecule has 2 saturated heterocycles. The summed E-state index contributed by atoms with van der Waals surface area (Å²) in [4.78, 5) is 65.5. The topological polar surface area (TPSA) is 156 Å². The van der Waals surface area contributed by atoms with Gasteiger partial charge in [0.25, 0.3) is 0 Å². The van der Waals surface area contributed by atoms with Crippen LogP contribution in [-0.2, 0) is 32.1 Å². The molecule has 17 heteroatoms. The van der Waals surface area contributed by atoms with Gasteiger partial charge in [-0.25, -0.2) is 22.5 Å². The molecule has 7 rings (SSSR count). The van der Waals surface area contributed by atoms with Crippen LogP contribution in [0.15, 0.2) is 36.4 Å². The van der Waals surface area contributed by atoms with Crippen molar-refractivity contribution in [2.75, 3.05) is 27.2 Å². The predicted octanol–water partition coefficient (Wildman–Crippen LogP) is 4.13. The lowest BCUT2D eigenvalue weighted by Gasteiger charge is -2.31. The first kappa shape index (κ1) is 43.1. The normalized spacial score (nSPS) is 22.7. The lowest BCUT2D eigenvalue weighted by molar-refractivity contribution is -0.139. The Morgan fingerprint density at radius 1 is 0.817 bits per heavy atom. The minimum atomic E-state index is -1.34. The number of hydrogen-bond donors (Lipinski definition) is 5. The van der Waals surface area contributed by atoms with Gasteiger partial charge in [0.15, 0.2) is 5.82 Å². The number of hydrogen-bond acceptors (Lipinski definition) is 7. The summed E-state index contributed by atoms with van der Waals surface area (Å²) >= 11 is 0. The molecule has 2 unspecified atom stereocenters. The van der Waals surface area contributed by atoms with Gasteiger partial charge in [-0.2, -0.15) is 0 Å². The zero-order valence-corrected chi connectivity index (χ0v) is 34.8. The Morgan fingerprint density at radius 2 is 1.42 bits per heavy atom. The lowest BCUT2D eigenvalue weighted by Crippen LogP contribution is -2.55. The Balaban J connectivity index is 1.27. The summed E-state index contributed by atoms with van der Waals surface area (Å²) in [6, 6.07) is 4.14. The fourth-order valence-corrected chi connectivity index (χ4v) is 8.68. The first-order valence-corrected chi connectivity index (χ1v) is 20.9. The molecule has 13 nitrogen and oxygen atoms in total. The number of rotatable bonds is 15. The van der Waals surface area contributed by atoms with E-state index in [1.54, 1.807) is 58.5 Å². The summed E-state index contributed by atoms with van der Waals surface area (Å²) < 4.78 is 62.3. The van der Waals surface area contributed by atoms with Crippen LogP contribution >= 0.6 is 0 Å². The molecular weight excluding hydrogens is 783 g/mol. The molecule has 3 fully saturated rings. The highest BCUT2D eigenvalue weighted by Gasteiger charge is 2.45. The average Bonchev–Trinajstić information content (AvgIpc) is 3.58. The van der Waals surface area contributed by atoms with Gasteiger partial charge in [0.1, 0.15) is 36.1 Å². The lowest BCUT2D eigenvalue weighted by atomic mass is 9.98. The molecule has 0 radical (unpaired) electrons. The number of fused-ring (bicyclic) bond motifs is 2. The molecule has 5 N–H and O–H groups in total. The van der Waals surface area contributed by atoms with Crippen molar-refractivity contribution in [3.63, 3.8) is 0 Å². The number of nitrogens with zero attached hydrogens (tertiary/aromatic N) is 4. The summed E-state index contributed by atoms with van der Waals surface area (Å²) in [6.07, 6.45) is -1.05. The van der Waals surface area contributed by atoms with Crippen LogP contribution in [0.3, 0.4) is 0 Å². The van der Waals surface area contributed by atoms with Crippen molar-refractivity contribution in [2.24, 2.45) is 11.8 Å². The summed E-state index contributed by atoms with van der Waals surface area (Å²) in [6.45, 7) is 6.67. The number of alkyl halides is 2. The highest BCUT2D eigenvalue weighted by Crippen LogP contribution is 2.39. The first-order chi connectivity index (χ1) is 28.6. The molecule has 8 atom stereocenters. The maximum Gasteiger partial charge on any atom is 0.245 e. The third kappa shape index (κ3) is 8.74. The number of amides is 4. The Bertz CT molecular complexity index is 2110. The maximum absolute atomic E-state index is 15.5. The number of imidazole rings is 1. The van der Waals surface area contributed by atoms with E-state index in [0.29, 0.717) is 33.5 Å². The molecule has 324 valence electrons. The second-order valence-corrected chi connectivity index (χ2v) is 17.1. The Hall–Kier alpha value is -5.03. The smallest absolute Gasteiger partial charge is 0.245 e. The van der Waals surface area contributed by atoms with Crippen molar-refractivity contribution < 1.29 is 36.7 Å². The summed E-state index contributed by atoms with van der Waals surface area (Å²) in [5.74, 6) is -2.63. The Morgan fingerprint density at radius 3 is 2.05 bits per heavy atom. The number of aromatic amines is 1. The van der Waals surface area contributed by atoms with Gasteiger partial charge in [-0.3, -0.25) is 19.2 Å². The van der Waals surface area contributed by atoms with Crippen molar-refractivity contribution in [2.45, 2.75) is 115 Å². The van der Waals surface area contributed by atoms with Gasteiger partial charge < -0.3 is 40.6 Å². The number of likely N-dealkylation sites (N-methyl/N-ethyl adjacent to an activating group) is 2. The molecule has 2 aliphatic heterocycles. The van der Waals surface area contributed by atoms with Gasteiger partial charge in [-0.15, -0.1) is 0 Å². The number of aromatic nitrogens is 3. The van der Waals surface area contributed by atoms with Crippen molar-refractivity contribution in [3.05, 3.63) is 53.6 Å². The van der Waals surface area contributed by atoms with Crippen LogP contribution in [0.25, 0.3) is 33.5 Å². The van der Waals surface area contributed by atoms with Crippen LogP contribution in [0.2, 0.25) is 0 Å². The van der Waals surface area contributed by atoms with Crippen LogP contribution in [-0.4, -0.2) is 124 Å². The van der Waals surface area contributed by atoms with Crippen molar-refractivity contribution in [3.8, 4) is 11.5 Å². The third-order valence-corrected chi connectivity index (χ3v) is 12.5. The SMILES string of the molecule is CN[C@@H](C)C(=O)NC(C(=O)N1C[C@@H](F)C[C@H]1Cc1c(-c2nc3cc(F)ccc3n2C[C@@H]2C[C@H](F)CN2C(=O)C(NC(=O)[C@H](C)NC)C2CC2)[nH]c2cc(F)ccc12)C(C)C. The van der Waals surface area contributed by atoms with Crippen LogP contribution in [0.1, 0.15) is 58.9 Å². The number of nitrogens with one attached hydrogen (secondary N) is 5. The summed E-state index contributed by atoms with van der Waals surface area (Å²) in [7, 11) is 3.28. The van der Waals surface area contributed by atoms with Crippen molar-refractivity contribution >= 4 is 45.6 Å².